The van der Waals surface area contributed by atoms with Gasteiger partial charge in [0.25, 0.3) is 0 Å². The maximum Gasteiger partial charge on any atom is 0.0328 e. The van der Waals surface area contributed by atoms with Gasteiger partial charge in [-0.1, -0.05) is 13.0 Å². The van der Waals surface area contributed by atoms with E-state index in [1.54, 1.807) is 0 Å². The van der Waals surface area contributed by atoms with Crippen LogP contribution in [0, 0.1) is 12.8 Å². The number of hydrogen-bond donors (Lipinski definition) is 1. The smallest absolute Gasteiger partial charge is 0.0328 e. The highest BCUT2D eigenvalue weighted by atomic mass is 32.1. The van der Waals surface area contributed by atoms with E-state index in [1.807, 2.05) is 11.3 Å². The van der Waals surface area contributed by atoms with Crippen LogP contribution in [0.4, 0.5) is 0 Å². The van der Waals surface area contributed by atoms with Crippen molar-refractivity contribution < 1.29 is 0 Å². The van der Waals surface area contributed by atoms with E-state index in [2.05, 4.69) is 31.4 Å². The van der Waals surface area contributed by atoms with Gasteiger partial charge >= 0.3 is 0 Å². The lowest BCUT2D eigenvalue weighted by molar-refractivity contribution is 0.496. The average Bonchev–Trinajstić information content (AvgIpc) is 2.49. The highest BCUT2D eigenvalue weighted by Gasteiger charge is 2.18. The zero-order valence-corrected chi connectivity index (χ0v) is 9.60. The first-order valence-electron chi connectivity index (χ1n) is 5.17. The molecule has 1 aliphatic rings. The molecule has 76 valence electrons. The highest BCUT2D eigenvalue weighted by molar-refractivity contribution is 7.11. The molecule has 2 N–H and O–H groups in total. The summed E-state index contributed by atoms with van der Waals surface area (Å²) >= 11 is 1.84. The van der Waals surface area contributed by atoms with E-state index >= 15 is 0 Å². The minimum absolute atomic E-state index is 0.259. The zero-order chi connectivity index (χ0) is 10.1. The van der Waals surface area contributed by atoms with E-state index in [4.69, 9.17) is 5.73 Å². The second-order valence-corrected chi connectivity index (χ2v) is 5.25. The molecule has 0 fully saturated rings. The van der Waals surface area contributed by atoms with Gasteiger partial charge in [-0.25, -0.2) is 0 Å². The van der Waals surface area contributed by atoms with Crippen LogP contribution >= 0.6 is 11.3 Å². The van der Waals surface area contributed by atoms with Gasteiger partial charge in [0.1, 0.15) is 0 Å². The molecule has 1 heterocycles. The van der Waals surface area contributed by atoms with Crippen molar-refractivity contribution in [2.75, 3.05) is 0 Å². The fourth-order valence-electron chi connectivity index (χ4n) is 2.19. The lowest BCUT2D eigenvalue weighted by Crippen LogP contribution is -2.24. The van der Waals surface area contributed by atoms with Crippen molar-refractivity contribution >= 4 is 16.9 Å². The monoisotopic (exact) mass is 207 g/mol. The lowest BCUT2D eigenvalue weighted by atomic mass is 9.86. The summed E-state index contributed by atoms with van der Waals surface area (Å²) in [6, 6.07) is 2.45. The van der Waals surface area contributed by atoms with Crippen molar-refractivity contribution in [2.24, 2.45) is 11.7 Å². The van der Waals surface area contributed by atoms with Gasteiger partial charge < -0.3 is 5.73 Å². The van der Waals surface area contributed by atoms with Crippen LogP contribution in [0.5, 0.6) is 0 Å². The Bertz CT molecular complexity index is 351. The van der Waals surface area contributed by atoms with Gasteiger partial charge in [-0.15, -0.1) is 11.3 Å². The van der Waals surface area contributed by atoms with Crippen molar-refractivity contribution in [3.63, 3.8) is 0 Å². The summed E-state index contributed by atoms with van der Waals surface area (Å²) in [5.74, 6) is 0.728. The molecule has 1 aliphatic carbocycles. The van der Waals surface area contributed by atoms with Gasteiger partial charge in [0.05, 0.1) is 0 Å². The summed E-state index contributed by atoms with van der Waals surface area (Å²) in [6.07, 6.45) is 4.57. The number of aryl methyl sites for hydroxylation is 1. The Labute approximate surface area is 89.6 Å². The second kappa shape index (κ2) is 3.87. The largest absolute Gasteiger partial charge is 0.324 e. The average molecular weight is 207 g/mol. The van der Waals surface area contributed by atoms with E-state index < -0.39 is 0 Å². The van der Waals surface area contributed by atoms with Crippen molar-refractivity contribution in [3.05, 3.63) is 28.0 Å². The lowest BCUT2D eigenvalue weighted by Gasteiger charge is -2.23. The quantitative estimate of drug-likeness (QED) is 0.752. The van der Waals surface area contributed by atoms with E-state index in [9.17, 15) is 0 Å². The fraction of sp³-hybridized carbons (Fsp3) is 0.500. The van der Waals surface area contributed by atoms with Crippen LogP contribution in [-0.2, 0) is 0 Å². The number of hydrogen-bond acceptors (Lipinski definition) is 2. The van der Waals surface area contributed by atoms with Gasteiger partial charge in [0.15, 0.2) is 0 Å². The van der Waals surface area contributed by atoms with Gasteiger partial charge in [-0.3, -0.25) is 0 Å². The van der Waals surface area contributed by atoms with Gasteiger partial charge in [0.2, 0.25) is 0 Å². The standard InChI is InChI=1S/C12H17NS/c1-8-5-10(7-11(13)6-8)12-9(2)3-4-14-12/h3-4,7-8,11H,5-6,13H2,1-2H3. The van der Waals surface area contributed by atoms with Crippen LogP contribution in [-0.4, -0.2) is 6.04 Å². The number of nitrogens with two attached hydrogens (primary N) is 1. The van der Waals surface area contributed by atoms with Crippen molar-refractivity contribution in [1.82, 2.24) is 0 Å². The molecule has 0 aliphatic heterocycles. The minimum Gasteiger partial charge on any atom is -0.324 e. The summed E-state index contributed by atoms with van der Waals surface area (Å²) in [5, 5.41) is 2.16. The maximum atomic E-state index is 6.00. The predicted octanol–water partition coefficient (Wildman–Crippen LogP) is 3.20. The Morgan fingerprint density at radius 2 is 2.29 bits per heavy atom. The van der Waals surface area contributed by atoms with E-state index in [-0.39, 0.29) is 6.04 Å². The molecule has 0 bridgehead atoms. The molecule has 2 rings (SSSR count). The first-order chi connectivity index (χ1) is 6.66. The van der Waals surface area contributed by atoms with Crippen LogP contribution in [0.3, 0.4) is 0 Å². The molecule has 0 saturated heterocycles. The molecule has 0 radical (unpaired) electrons. The SMILES string of the molecule is Cc1ccsc1C1=CC(N)CC(C)C1. The van der Waals surface area contributed by atoms with Crippen LogP contribution in [0.15, 0.2) is 17.5 Å². The van der Waals surface area contributed by atoms with Crippen molar-refractivity contribution in [3.8, 4) is 0 Å². The molecule has 1 aromatic rings. The Hall–Kier alpha value is -0.600. The zero-order valence-electron chi connectivity index (χ0n) is 8.79. The topological polar surface area (TPSA) is 26.0 Å². The molecule has 1 aromatic heterocycles. The van der Waals surface area contributed by atoms with E-state index in [1.165, 1.54) is 22.4 Å². The Kier molecular flexibility index (Phi) is 2.75. The number of thiophene rings is 1. The highest BCUT2D eigenvalue weighted by Crippen LogP contribution is 2.34. The molecule has 2 unspecified atom stereocenters. The molecule has 1 nitrogen and oxygen atoms in total. The molecular weight excluding hydrogens is 190 g/mol. The predicted molar refractivity (Wildman–Crippen MR) is 63.4 cm³/mol. The number of rotatable bonds is 1. The van der Waals surface area contributed by atoms with E-state index in [0.717, 1.165) is 12.3 Å². The third-order valence-corrected chi connectivity index (χ3v) is 3.90. The Morgan fingerprint density at radius 3 is 2.86 bits per heavy atom. The first kappa shape index (κ1) is 9.94. The minimum atomic E-state index is 0.259. The summed E-state index contributed by atoms with van der Waals surface area (Å²) < 4.78 is 0. The molecule has 14 heavy (non-hydrogen) atoms. The van der Waals surface area contributed by atoms with Crippen LogP contribution < -0.4 is 5.73 Å². The molecule has 2 heteroatoms. The van der Waals surface area contributed by atoms with Crippen LogP contribution in [0.25, 0.3) is 5.57 Å². The van der Waals surface area contributed by atoms with Gasteiger partial charge in [-0.05, 0) is 48.3 Å². The van der Waals surface area contributed by atoms with Crippen LogP contribution in [0.1, 0.15) is 30.2 Å². The summed E-state index contributed by atoms with van der Waals surface area (Å²) in [6.45, 7) is 4.47. The van der Waals surface area contributed by atoms with Gasteiger partial charge in [-0.2, -0.15) is 0 Å². The molecule has 2 atom stereocenters. The Morgan fingerprint density at radius 1 is 1.50 bits per heavy atom. The number of allylic oxidation sites excluding steroid dienone is 1. The Balaban J connectivity index is 2.30. The molecule has 0 saturated carbocycles. The molecule has 0 aromatic carbocycles. The summed E-state index contributed by atoms with van der Waals surface area (Å²) in [7, 11) is 0. The fourth-order valence-corrected chi connectivity index (χ4v) is 3.15. The third kappa shape index (κ3) is 1.91. The maximum absolute atomic E-state index is 6.00. The second-order valence-electron chi connectivity index (χ2n) is 4.33. The first-order valence-corrected chi connectivity index (χ1v) is 6.05. The third-order valence-electron chi connectivity index (χ3n) is 2.81. The molecule has 0 spiro atoms. The van der Waals surface area contributed by atoms with Crippen LogP contribution in [0.2, 0.25) is 0 Å². The van der Waals surface area contributed by atoms with E-state index in [0.29, 0.717) is 0 Å². The summed E-state index contributed by atoms with van der Waals surface area (Å²) in [5.41, 5.74) is 8.85. The van der Waals surface area contributed by atoms with Gasteiger partial charge in [0, 0.05) is 10.9 Å². The molecule has 0 amide bonds. The normalized spacial score (nSPS) is 27.5. The summed E-state index contributed by atoms with van der Waals surface area (Å²) in [4.78, 5) is 1.44. The van der Waals surface area contributed by atoms with Crippen molar-refractivity contribution in [1.29, 1.82) is 0 Å². The molecular formula is C12H17NS. The van der Waals surface area contributed by atoms with Crippen molar-refractivity contribution in [2.45, 2.75) is 32.7 Å².